The number of nitrogens with zero attached hydrogens (tertiary/aromatic N) is 1. The summed E-state index contributed by atoms with van der Waals surface area (Å²) in [5, 5.41) is 4.87. The van der Waals surface area contributed by atoms with Gasteiger partial charge in [-0.1, -0.05) is 18.2 Å². The number of esters is 1. The lowest BCUT2D eigenvalue weighted by Gasteiger charge is -2.30. The van der Waals surface area contributed by atoms with E-state index in [2.05, 4.69) is 5.32 Å². The highest BCUT2D eigenvalue weighted by molar-refractivity contribution is 7.89. The van der Waals surface area contributed by atoms with Crippen molar-refractivity contribution in [2.75, 3.05) is 20.2 Å². The van der Waals surface area contributed by atoms with Crippen molar-refractivity contribution < 1.29 is 22.7 Å². The van der Waals surface area contributed by atoms with Crippen LogP contribution in [0, 0.1) is 5.92 Å². The number of nitrogens with one attached hydrogen (secondary N) is 1. The molecule has 9 heteroatoms. The second-order valence-electron chi connectivity index (χ2n) is 6.46. The van der Waals surface area contributed by atoms with Gasteiger partial charge in [0, 0.05) is 23.9 Å². The van der Waals surface area contributed by atoms with E-state index in [0.717, 1.165) is 4.88 Å². The first-order valence-electron chi connectivity index (χ1n) is 8.91. The molecular weight excluding hydrogens is 400 g/mol. The van der Waals surface area contributed by atoms with Gasteiger partial charge in [-0.3, -0.25) is 4.79 Å². The van der Waals surface area contributed by atoms with Gasteiger partial charge in [-0.05, 0) is 36.4 Å². The molecule has 1 aliphatic rings. The Morgan fingerprint density at radius 1 is 1.18 bits per heavy atom. The summed E-state index contributed by atoms with van der Waals surface area (Å²) in [7, 11) is -2.63. The van der Waals surface area contributed by atoms with Gasteiger partial charge in [0.15, 0.2) is 0 Å². The number of sulfonamides is 1. The first-order valence-corrected chi connectivity index (χ1v) is 11.2. The van der Waals surface area contributed by atoms with Gasteiger partial charge in [0.1, 0.15) is 0 Å². The summed E-state index contributed by atoms with van der Waals surface area (Å²) in [6, 6.07) is 9.89. The Labute approximate surface area is 168 Å². The number of amides is 1. The van der Waals surface area contributed by atoms with Crippen molar-refractivity contribution in [2.24, 2.45) is 5.92 Å². The molecule has 150 valence electrons. The summed E-state index contributed by atoms with van der Waals surface area (Å²) in [4.78, 5) is 25.3. The highest BCUT2D eigenvalue weighted by Crippen LogP contribution is 2.26. The van der Waals surface area contributed by atoms with Gasteiger partial charge in [0.25, 0.3) is 0 Å². The predicted molar refractivity (Wildman–Crippen MR) is 105 cm³/mol. The third kappa shape index (κ3) is 4.43. The van der Waals surface area contributed by atoms with E-state index in [-0.39, 0.29) is 35.4 Å². The first kappa shape index (κ1) is 20.5. The van der Waals surface area contributed by atoms with E-state index in [4.69, 9.17) is 4.74 Å². The second-order valence-corrected chi connectivity index (χ2v) is 9.40. The molecule has 0 atom stereocenters. The number of carbonyl (C=O) groups is 2. The molecule has 1 aromatic heterocycles. The Morgan fingerprint density at radius 2 is 1.89 bits per heavy atom. The SMILES string of the molecule is COC(=O)c1ccccc1S(=O)(=O)N1CCC(C(=O)NCc2cccs2)CC1. The zero-order chi connectivity index (χ0) is 20.1. The fraction of sp³-hybridized carbons (Fsp3) is 0.368. The van der Waals surface area contributed by atoms with E-state index in [1.807, 2.05) is 17.5 Å². The molecule has 0 unspecified atom stereocenters. The lowest BCUT2D eigenvalue weighted by molar-refractivity contribution is -0.126. The molecule has 2 aromatic rings. The monoisotopic (exact) mass is 422 g/mol. The number of hydrogen-bond acceptors (Lipinski definition) is 6. The van der Waals surface area contributed by atoms with Crippen LogP contribution in [-0.2, 0) is 26.1 Å². The largest absolute Gasteiger partial charge is 0.465 e. The maximum Gasteiger partial charge on any atom is 0.339 e. The van der Waals surface area contributed by atoms with Gasteiger partial charge in [0.05, 0.1) is 24.1 Å². The normalized spacial score (nSPS) is 15.9. The Bertz CT molecular complexity index is 933. The van der Waals surface area contributed by atoms with Crippen LogP contribution >= 0.6 is 11.3 Å². The van der Waals surface area contributed by atoms with Gasteiger partial charge >= 0.3 is 5.97 Å². The van der Waals surface area contributed by atoms with Crippen LogP contribution in [0.2, 0.25) is 0 Å². The van der Waals surface area contributed by atoms with Crippen molar-refractivity contribution in [3.05, 3.63) is 52.2 Å². The molecule has 1 aromatic carbocycles. The quantitative estimate of drug-likeness (QED) is 0.721. The minimum Gasteiger partial charge on any atom is -0.465 e. The van der Waals surface area contributed by atoms with Crippen LogP contribution in [0.25, 0.3) is 0 Å². The number of ether oxygens (including phenoxy) is 1. The Balaban J connectivity index is 1.64. The van der Waals surface area contributed by atoms with E-state index in [9.17, 15) is 18.0 Å². The molecule has 1 fully saturated rings. The van der Waals surface area contributed by atoms with E-state index in [1.54, 1.807) is 23.5 Å². The minimum atomic E-state index is -3.84. The fourth-order valence-electron chi connectivity index (χ4n) is 3.20. The second kappa shape index (κ2) is 8.85. The van der Waals surface area contributed by atoms with Crippen LogP contribution in [0.1, 0.15) is 28.1 Å². The Morgan fingerprint density at radius 3 is 2.54 bits per heavy atom. The Kier molecular flexibility index (Phi) is 6.48. The lowest BCUT2D eigenvalue weighted by atomic mass is 9.97. The van der Waals surface area contributed by atoms with Crippen molar-refractivity contribution in [3.63, 3.8) is 0 Å². The van der Waals surface area contributed by atoms with Gasteiger partial charge in [-0.2, -0.15) is 4.31 Å². The molecule has 1 saturated heterocycles. The molecule has 0 radical (unpaired) electrons. The van der Waals surface area contributed by atoms with Crippen molar-refractivity contribution in [2.45, 2.75) is 24.3 Å². The summed E-state index contributed by atoms with van der Waals surface area (Å²) < 4.78 is 32.0. The van der Waals surface area contributed by atoms with Crippen molar-refractivity contribution in [1.29, 1.82) is 0 Å². The molecule has 0 bridgehead atoms. The third-order valence-electron chi connectivity index (χ3n) is 4.75. The summed E-state index contributed by atoms with van der Waals surface area (Å²) in [5.74, 6) is -0.968. The van der Waals surface area contributed by atoms with E-state index in [1.165, 1.54) is 23.5 Å². The third-order valence-corrected chi connectivity index (χ3v) is 7.59. The summed E-state index contributed by atoms with van der Waals surface area (Å²) >= 11 is 1.58. The molecule has 28 heavy (non-hydrogen) atoms. The standard InChI is InChI=1S/C19H22N2O5S2/c1-26-19(23)16-6-2-3-7-17(16)28(24,25)21-10-8-14(9-11-21)18(22)20-13-15-5-4-12-27-15/h2-7,12,14H,8-11,13H2,1H3,(H,20,22). The van der Waals surface area contributed by atoms with E-state index in [0.29, 0.717) is 19.4 Å². The average molecular weight is 423 g/mol. The highest BCUT2D eigenvalue weighted by atomic mass is 32.2. The molecule has 1 N–H and O–H groups in total. The minimum absolute atomic E-state index is 0.0146. The molecule has 0 spiro atoms. The van der Waals surface area contributed by atoms with Crippen LogP contribution in [0.5, 0.6) is 0 Å². The number of thiophene rings is 1. The molecule has 1 aliphatic heterocycles. The highest BCUT2D eigenvalue weighted by Gasteiger charge is 2.34. The fourth-order valence-corrected chi connectivity index (χ4v) is 5.49. The molecule has 7 nitrogen and oxygen atoms in total. The first-order chi connectivity index (χ1) is 13.4. The van der Waals surface area contributed by atoms with Gasteiger partial charge in [0.2, 0.25) is 15.9 Å². The molecule has 0 aliphatic carbocycles. The molecule has 2 heterocycles. The summed E-state index contributed by atoms with van der Waals surface area (Å²) in [5.41, 5.74) is 0.0146. The molecule has 1 amide bonds. The summed E-state index contributed by atoms with van der Waals surface area (Å²) in [6.45, 7) is 0.950. The average Bonchev–Trinajstić information content (AvgIpc) is 3.25. The van der Waals surface area contributed by atoms with Crippen molar-refractivity contribution in [1.82, 2.24) is 9.62 Å². The predicted octanol–water partition coefficient (Wildman–Crippen LogP) is 2.25. The van der Waals surface area contributed by atoms with Crippen molar-refractivity contribution >= 4 is 33.2 Å². The number of piperidine rings is 1. The summed E-state index contributed by atoms with van der Waals surface area (Å²) in [6.07, 6.45) is 0.881. The molecule has 3 rings (SSSR count). The number of rotatable bonds is 6. The number of benzene rings is 1. The van der Waals surface area contributed by atoms with Crippen LogP contribution in [0.15, 0.2) is 46.7 Å². The van der Waals surface area contributed by atoms with Crippen LogP contribution in [-0.4, -0.2) is 44.8 Å². The topological polar surface area (TPSA) is 92.8 Å². The molecular formula is C19H22N2O5S2. The van der Waals surface area contributed by atoms with E-state index >= 15 is 0 Å². The van der Waals surface area contributed by atoms with Crippen LogP contribution in [0.4, 0.5) is 0 Å². The smallest absolute Gasteiger partial charge is 0.339 e. The maximum atomic E-state index is 13.0. The lowest BCUT2D eigenvalue weighted by Crippen LogP contribution is -2.43. The number of carbonyl (C=O) groups excluding carboxylic acids is 2. The zero-order valence-electron chi connectivity index (χ0n) is 15.5. The Hall–Kier alpha value is -2.23. The van der Waals surface area contributed by atoms with Gasteiger partial charge in [-0.15, -0.1) is 11.3 Å². The van der Waals surface area contributed by atoms with Gasteiger partial charge in [-0.25, -0.2) is 13.2 Å². The van der Waals surface area contributed by atoms with E-state index < -0.39 is 16.0 Å². The zero-order valence-corrected chi connectivity index (χ0v) is 17.1. The van der Waals surface area contributed by atoms with Crippen LogP contribution < -0.4 is 5.32 Å². The maximum absolute atomic E-state index is 13.0. The van der Waals surface area contributed by atoms with Gasteiger partial charge < -0.3 is 10.1 Å². The molecule has 0 saturated carbocycles. The number of hydrogen-bond donors (Lipinski definition) is 1. The van der Waals surface area contributed by atoms with Crippen molar-refractivity contribution in [3.8, 4) is 0 Å². The van der Waals surface area contributed by atoms with Crippen LogP contribution in [0.3, 0.4) is 0 Å². The number of methoxy groups -OCH3 is 1.